The maximum absolute atomic E-state index is 10.6. The molecule has 98 valence electrons. The monoisotopic (exact) mass is 265 g/mol. The van der Waals surface area contributed by atoms with E-state index in [0.29, 0.717) is 5.65 Å². The van der Waals surface area contributed by atoms with Gasteiger partial charge in [0, 0.05) is 23.2 Å². The number of aromatic amines is 1. The number of benzene rings is 1. The lowest BCUT2D eigenvalue weighted by Crippen LogP contribution is -1.84. The van der Waals surface area contributed by atoms with Crippen LogP contribution in [0.3, 0.4) is 0 Å². The third-order valence-electron chi connectivity index (χ3n) is 3.04. The van der Waals surface area contributed by atoms with Gasteiger partial charge in [-0.05, 0) is 17.7 Å². The Morgan fingerprint density at radius 3 is 2.70 bits per heavy atom. The predicted molar refractivity (Wildman–Crippen MR) is 77.6 cm³/mol. The fourth-order valence-corrected chi connectivity index (χ4v) is 2.18. The van der Waals surface area contributed by atoms with Gasteiger partial charge in [-0.15, -0.1) is 0 Å². The summed E-state index contributed by atoms with van der Waals surface area (Å²) in [6, 6.07) is 13.4. The molecule has 0 spiro atoms. The number of aromatic nitrogens is 2. The lowest BCUT2D eigenvalue weighted by Gasteiger charge is -1.99. The van der Waals surface area contributed by atoms with Crippen molar-refractivity contribution in [3.05, 3.63) is 70.5 Å². The molecular formula is C15H11N3O2. The molecule has 0 atom stereocenters. The Balaban J connectivity index is 2.25. The van der Waals surface area contributed by atoms with Crippen molar-refractivity contribution in [3.8, 4) is 11.3 Å². The Labute approximate surface area is 114 Å². The molecule has 0 saturated heterocycles. The Bertz CT molecular complexity index is 791. The van der Waals surface area contributed by atoms with E-state index in [1.54, 1.807) is 6.20 Å². The van der Waals surface area contributed by atoms with E-state index >= 15 is 0 Å². The van der Waals surface area contributed by atoms with E-state index in [1.807, 2.05) is 42.5 Å². The van der Waals surface area contributed by atoms with Gasteiger partial charge in [-0.3, -0.25) is 10.1 Å². The van der Waals surface area contributed by atoms with Crippen molar-refractivity contribution in [2.45, 2.75) is 0 Å². The number of hydrogen-bond donors (Lipinski definition) is 1. The van der Waals surface area contributed by atoms with E-state index in [9.17, 15) is 10.1 Å². The van der Waals surface area contributed by atoms with E-state index < -0.39 is 4.92 Å². The molecule has 2 aromatic heterocycles. The van der Waals surface area contributed by atoms with Crippen LogP contribution in [0.4, 0.5) is 0 Å². The van der Waals surface area contributed by atoms with E-state index in [1.165, 1.54) is 6.08 Å². The summed E-state index contributed by atoms with van der Waals surface area (Å²) in [5.74, 6) is 0. The number of nitro groups is 1. The molecule has 0 aliphatic carbocycles. The standard InChI is InChI=1S/C15H11N3O2/c19-18(20)10-8-12-13-7-4-9-16-15(13)17-14(12)11-5-2-1-3-6-11/h1-10H,(H,16,17)/b10-8+. The highest BCUT2D eigenvalue weighted by molar-refractivity contribution is 5.94. The average molecular weight is 265 g/mol. The smallest absolute Gasteiger partial charge is 0.235 e. The normalized spacial score (nSPS) is 11.2. The zero-order chi connectivity index (χ0) is 13.9. The van der Waals surface area contributed by atoms with Crippen LogP contribution in [-0.4, -0.2) is 14.9 Å². The van der Waals surface area contributed by atoms with Crippen molar-refractivity contribution in [1.29, 1.82) is 0 Å². The van der Waals surface area contributed by atoms with Crippen molar-refractivity contribution in [2.75, 3.05) is 0 Å². The van der Waals surface area contributed by atoms with Gasteiger partial charge in [0.05, 0.1) is 10.6 Å². The highest BCUT2D eigenvalue weighted by Gasteiger charge is 2.12. The molecule has 1 aromatic carbocycles. The number of hydrogen-bond acceptors (Lipinski definition) is 3. The van der Waals surface area contributed by atoms with Gasteiger partial charge in [-0.2, -0.15) is 0 Å². The highest BCUT2D eigenvalue weighted by Crippen LogP contribution is 2.30. The maximum Gasteiger partial charge on any atom is 0.235 e. The van der Waals surface area contributed by atoms with Crippen LogP contribution in [-0.2, 0) is 0 Å². The fraction of sp³-hybridized carbons (Fsp3) is 0. The minimum atomic E-state index is -0.468. The number of pyridine rings is 1. The molecule has 0 radical (unpaired) electrons. The number of H-pyrrole nitrogens is 1. The summed E-state index contributed by atoms with van der Waals surface area (Å²) in [7, 11) is 0. The van der Waals surface area contributed by atoms with E-state index in [-0.39, 0.29) is 0 Å². The zero-order valence-electron chi connectivity index (χ0n) is 10.5. The molecule has 1 N–H and O–H groups in total. The first-order valence-corrected chi connectivity index (χ1v) is 6.09. The topological polar surface area (TPSA) is 71.8 Å². The molecule has 2 heterocycles. The second-order valence-corrected chi connectivity index (χ2v) is 4.28. The Morgan fingerprint density at radius 1 is 1.15 bits per heavy atom. The molecular weight excluding hydrogens is 254 g/mol. The molecule has 0 fully saturated rings. The second-order valence-electron chi connectivity index (χ2n) is 4.28. The van der Waals surface area contributed by atoms with Gasteiger partial charge in [0.1, 0.15) is 5.65 Å². The second kappa shape index (κ2) is 4.97. The van der Waals surface area contributed by atoms with Crippen LogP contribution in [0.5, 0.6) is 0 Å². The van der Waals surface area contributed by atoms with Crippen molar-refractivity contribution in [2.24, 2.45) is 0 Å². The summed E-state index contributed by atoms with van der Waals surface area (Å²) in [5, 5.41) is 11.4. The molecule has 20 heavy (non-hydrogen) atoms. The summed E-state index contributed by atoms with van der Waals surface area (Å²) in [5.41, 5.74) is 3.29. The van der Waals surface area contributed by atoms with Crippen molar-refractivity contribution in [3.63, 3.8) is 0 Å². The highest BCUT2D eigenvalue weighted by atomic mass is 16.6. The Hall–Kier alpha value is -2.95. The summed E-state index contributed by atoms with van der Waals surface area (Å²) >= 11 is 0. The van der Waals surface area contributed by atoms with Gasteiger partial charge in [0.15, 0.2) is 0 Å². The first kappa shape index (κ1) is 12.1. The molecule has 0 bridgehead atoms. The Kier molecular flexibility index (Phi) is 3.01. The SMILES string of the molecule is O=[N+]([O-])/C=C/c1c(-c2ccccc2)[nH]c2ncccc12. The predicted octanol–water partition coefficient (Wildman–Crippen LogP) is 3.48. The van der Waals surface area contributed by atoms with Gasteiger partial charge in [0.25, 0.3) is 0 Å². The molecule has 5 heteroatoms. The van der Waals surface area contributed by atoms with Gasteiger partial charge in [-0.25, -0.2) is 4.98 Å². The summed E-state index contributed by atoms with van der Waals surface area (Å²) in [6.45, 7) is 0. The van der Waals surface area contributed by atoms with Crippen molar-refractivity contribution >= 4 is 17.1 Å². The average Bonchev–Trinajstić information content (AvgIpc) is 2.84. The zero-order valence-corrected chi connectivity index (χ0v) is 10.5. The maximum atomic E-state index is 10.6. The van der Waals surface area contributed by atoms with E-state index in [4.69, 9.17) is 0 Å². The molecule has 0 aliphatic heterocycles. The van der Waals surface area contributed by atoms with Crippen molar-refractivity contribution < 1.29 is 4.92 Å². The minimum Gasteiger partial charge on any atom is -0.339 e. The summed E-state index contributed by atoms with van der Waals surface area (Å²) < 4.78 is 0. The first-order valence-electron chi connectivity index (χ1n) is 6.09. The number of rotatable bonds is 3. The third kappa shape index (κ3) is 2.16. The van der Waals surface area contributed by atoms with Crippen LogP contribution in [0.1, 0.15) is 5.56 Å². The van der Waals surface area contributed by atoms with E-state index in [2.05, 4.69) is 9.97 Å². The molecule has 0 unspecified atom stereocenters. The molecule has 3 rings (SSSR count). The van der Waals surface area contributed by atoms with E-state index in [0.717, 1.165) is 28.4 Å². The lowest BCUT2D eigenvalue weighted by molar-refractivity contribution is -0.400. The van der Waals surface area contributed by atoms with Crippen LogP contribution >= 0.6 is 0 Å². The summed E-state index contributed by atoms with van der Waals surface area (Å²) in [6.07, 6.45) is 4.14. The molecule has 0 amide bonds. The quantitative estimate of drug-likeness (QED) is 0.582. The van der Waals surface area contributed by atoms with Crippen LogP contribution in [0.25, 0.3) is 28.4 Å². The molecule has 0 aliphatic rings. The largest absolute Gasteiger partial charge is 0.339 e. The number of nitrogens with one attached hydrogen (secondary N) is 1. The lowest BCUT2D eigenvalue weighted by atomic mass is 10.1. The summed E-state index contributed by atoms with van der Waals surface area (Å²) in [4.78, 5) is 17.6. The Morgan fingerprint density at radius 2 is 1.95 bits per heavy atom. The molecule has 0 saturated carbocycles. The molecule has 3 aromatic rings. The van der Waals surface area contributed by atoms with Gasteiger partial charge >= 0.3 is 0 Å². The number of nitrogens with zero attached hydrogens (tertiary/aromatic N) is 2. The third-order valence-corrected chi connectivity index (χ3v) is 3.04. The first-order chi connectivity index (χ1) is 9.75. The van der Waals surface area contributed by atoms with Gasteiger partial charge in [0.2, 0.25) is 6.20 Å². The van der Waals surface area contributed by atoms with Crippen molar-refractivity contribution in [1.82, 2.24) is 9.97 Å². The van der Waals surface area contributed by atoms with Gasteiger partial charge in [-0.1, -0.05) is 30.3 Å². The number of fused-ring (bicyclic) bond motifs is 1. The molecule has 5 nitrogen and oxygen atoms in total. The van der Waals surface area contributed by atoms with Crippen LogP contribution < -0.4 is 0 Å². The van der Waals surface area contributed by atoms with Crippen LogP contribution in [0, 0.1) is 10.1 Å². The van der Waals surface area contributed by atoms with Gasteiger partial charge < -0.3 is 4.98 Å². The minimum absolute atomic E-state index is 0.468. The van der Waals surface area contributed by atoms with Crippen LogP contribution in [0.2, 0.25) is 0 Å². The van der Waals surface area contributed by atoms with Crippen LogP contribution in [0.15, 0.2) is 54.9 Å². The fourth-order valence-electron chi connectivity index (χ4n) is 2.18.